The predicted octanol–water partition coefficient (Wildman–Crippen LogP) is 3.77. The Balaban J connectivity index is 2.41. The Bertz CT molecular complexity index is 588. The molecule has 1 aliphatic heterocycles. The van der Waals surface area contributed by atoms with E-state index in [-0.39, 0.29) is 5.91 Å². The van der Waals surface area contributed by atoms with Crippen molar-refractivity contribution in [2.24, 2.45) is 5.41 Å². The Hall–Kier alpha value is -0.630. The number of carboxylic acid groups (broad SMARTS) is 1. The normalized spacial score (nSPS) is 21.1. The van der Waals surface area contributed by atoms with Crippen LogP contribution in [0.25, 0.3) is 0 Å². The summed E-state index contributed by atoms with van der Waals surface area (Å²) in [6.07, 6.45) is 1.63. The molecule has 1 heterocycles. The number of hydrogen-bond donors (Lipinski definition) is 1. The molecule has 1 unspecified atom stereocenters. The van der Waals surface area contributed by atoms with Gasteiger partial charge in [-0.1, -0.05) is 13.8 Å². The molecule has 0 aromatic heterocycles. The molecule has 4 nitrogen and oxygen atoms in total. The molecular formula is C15H17BrINO3. The first-order valence-corrected chi connectivity index (χ1v) is 8.60. The lowest BCUT2D eigenvalue weighted by Gasteiger charge is -2.44. The Labute approximate surface area is 146 Å². The molecule has 1 atom stereocenters. The number of amides is 1. The third-order valence-corrected chi connectivity index (χ3v) is 5.29. The number of piperidine rings is 1. The van der Waals surface area contributed by atoms with Crippen LogP contribution in [-0.4, -0.2) is 34.5 Å². The molecule has 21 heavy (non-hydrogen) atoms. The van der Waals surface area contributed by atoms with Crippen molar-refractivity contribution < 1.29 is 14.7 Å². The van der Waals surface area contributed by atoms with Crippen LogP contribution < -0.4 is 0 Å². The van der Waals surface area contributed by atoms with Gasteiger partial charge in [0.1, 0.15) is 6.04 Å². The molecule has 0 aliphatic carbocycles. The first-order valence-electron chi connectivity index (χ1n) is 6.73. The second-order valence-electron chi connectivity index (χ2n) is 5.96. The van der Waals surface area contributed by atoms with Gasteiger partial charge in [-0.2, -0.15) is 0 Å². The molecule has 6 heteroatoms. The Morgan fingerprint density at radius 3 is 2.71 bits per heavy atom. The minimum atomic E-state index is -0.935. The van der Waals surface area contributed by atoms with Crippen molar-refractivity contribution in [3.05, 3.63) is 31.8 Å². The number of rotatable bonds is 2. The van der Waals surface area contributed by atoms with Crippen LogP contribution in [0.15, 0.2) is 22.7 Å². The van der Waals surface area contributed by atoms with Crippen LogP contribution in [0.2, 0.25) is 0 Å². The van der Waals surface area contributed by atoms with Crippen molar-refractivity contribution >= 4 is 50.4 Å². The average molecular weight is 466 g/mol. The molecule has 0 radical (unpaired) electrons. The van der Waals surface area contributed by atoms with Crippen molar-refractivity contribution in [3.8, 4) is 0 Å². The SMILES string of the molecule is CC1(C)CCCN(C(=O)c2cc(I)ccc2Br)C1C(=O)O. The van der Waals surface area contributed by atoms with Crippen molar-refractivity contribution in [1.82, 2.24) is 4.90 Å². The number of carbonyl (C=O) groups excluding carboxylic acids is 1. The van der Waals surface area contributed by atoms with Crippen LogP contribution in [0.3, 0.4) is 0 Å². The van der Waals surface area contributed by atoms with E-state index < -0.39 is 17.4 Å². The van der Waals surface area contributed by atoms with E-state index in [0.29, 0.717) is 16.6 Å². The minimum absolute atomic E-state index is 0.222. The maximum atomic E-state index is 12.8. The second kappa shape index (κ2) is 6.24. The summed E-state index contributed by atoms with van der Waals surface area (Å²) in [7, 11) is 0. The molecule has 1 N–H and O–H groups in total. The van der Waals surface area contributed by atoms with E-state index in [2.05, 4.69) is 38.5 Å². The number of carboxylic acids is 1. The highest BCUT2D eigenvalue weighted by Gasteiger charge is 2.44. The van der Waals surface area contributed by atoms with Gasteiger partial charge in [0.2, 0.25) is 0 Å². The van der Waals surface area contributed by atoms with Crippen LogP contribution in [0.4, 0.5) is 0 Å². The minimum Gasteiger partial charge on any atom is -0.480 e. The summed E-state index contributed by atoms with van der Waals surface area (Å²) in [6.45, 7) is 4.31. The van der Waals surface area contributed by atoms with Gasteiger partial charge >= 0.3 is 5.97 Å². The second-order valence-corrected chi connectivity index (χ2v) is 8.06. The highest BCUT2D eigenvalue weighted by Crippen LogP contribution is 2.36. The first-order chi connectivity index (χ1) is 9.74. The quantitative estimate of drug-likeness (QED) is 0.676. The number of nitrogens with zero attached hydrogens (tertiary/aromatic N) is 1. The molecule has 1 fully saturated rings. The van der Waals surface area contributed by atoms with E-state index in [9.17, 15) is 14.7 Å². The Morgan fingerprint density at radius 2 is 2.10 bits per heavy atom. The maximum Gasteiger partial charge on any atom is 0.326 e. The highest BCUT2D eigenvalue weighted by atomic mass is 127. The summed E-state index contributed by atoms with van der Waals surface area (Å²) < 4.78 is 1.64. The standard InChI is InChI=1S/C15H17BrINO3/c1-15(2)6-3-7-18(12(15)14(20)21)13(19)10-8-9(17)4-5-11(10)16/h4-5,8,12H,3,6-7H2,1-2H3,(H,20,21). The highest BCUT2D eigenvalue weighted by molar-refractivity contribution is 14.1. The molecule has 0 bridgehead atoms. The molecule has 1 aromatic rings. The topological polar surface area (TPSA) is 57.6 Å². The zero-order chi connectivity index (χ0) is 15.8. The lowest BCUT2D eigenvalue weighted by Crippen LogP contribution is -2.56. The third kappa shape index (κ3) is 3.41. The van der Waals surface area contributed by atoms with Gasteiger partial charge in [-0.15, -0.1) is 0 Å². The molecule has 2 rings (SSSR count). The fraction of sp³-hybridized carbons (Fsp3) is 0.467. The molecular weight excluding hydrogens is 449 g/mol. The molecule has 114 valence electrons. The van der Waals surface area contributed by atoms with Crippen molar-refractivity contribution in [2.75, 3.05) is 6.54 Å². The summed E-state index contributed by atoms with van der Waals surface area (Å²) in [5.41, 5.74) is 0.0968. The fourth-order valence-electron chi connectivity index (χ4n) is 2.90. The smallest absolute Gasteiger partial charge is 0.326 e. The summed E-state index contributed by atoms with van der Waals surface area (Å²) in [5.74, 6) is -1.16. The van der Waals surface area contributed by atoms with Gasteiger partial charge in [0.25, 0.3) is 5.91 Å². The number of aliphatic carboxylic acids is 1. The molecule has 0 spiro atoms. The summed E-state index contributed by atoms with van der Waals surface area (Å²) in [4.78, 5) is 26.0. The van der Waals surface area contributed by atoms with E-state index >= 15 is 0 Å². The predicted molar refractivity (Wildman–Crippen MR) is 92.3 cm³/mol. The van der Waals surface area contributed by atoms with Crippen molar-refractivity contribution in [3.63, 3.8) is 0 Å². The van der Waals surface area contributed by atoms with Gasteiger partial charge in [0.15, 0.2) is 0 Å². The summed E-state index contributed by atoms with van der Waals surface area (Å²) in [6, 6.07) is 4.72. The molecule has 0 saturated carbocycles. The Kier molecular flexibility index (Phi) is 4.97. The monoisotopic (exact) mass is 465 g/mol. The lowest BCUT2D eigenvalue weighted by molar-refractivity contribution is -0.148. The lowest BCUT2D eigenvalue weighted by atomic mass is 9.76. The van der Waals surface area contributed by atoms with E-state index in [4.69, 9.17) is 0 Å². The number of halogens is 2. The van der Waals surface area contributed by atoms with Crippen molar-refractivity contribution in [1.29, 1.82) is 0 Å². The van der Waals surface area contributed by atoms with Crippen LogP contribution in [0.1, 0.15) is 37.0 Å². The van der Waals surface area contributed by atoms with Gasteiger partial charge in [-0.05, 0) is 75.0 Å². The van der Waals surface area contributed by atoms with Gasteiger partial charge < -0.3 is 10.0 Å². The van der Waals surface area contributed by atoms with Gasteiger partial charge in [-0.3, -0.25) is 4.79 Å². The van der Waals surface area contributed by atoms with E-state index in [1.165, 1.54) is 4.90 Å². The van der Waals surface area contributed by atoms with Gasteiger partial charge in [-0.25, -0.2) is 4.79 Å². The van der Waals surface area contributed by atoms with E-state index in [0.717, 1.165) is 16.4 Å². The van der Waals surface area contributed by atoms with Gasteiger partial charge in [0.05, 0.1) is 5.56 Å². The number of hydrogen-bond acceptors (Lipinski definition) is 2. The Morgan fingerprint density at radius 1 is 1.43 bits per heavy atom. The number of carbonyl (C=O) groups is 2. The summed E-state index contributed by atoms with van der Waals surface area (Å²) >= 11 is 5.53. The molecule has 1 amide bonds. The van der Waals surface area contributed by atoms with Gasteiger partial charge in [0, 0.05) is 14.6 Å². The third-order valence-electron chi connectivity index (χ3n) is 3.93. The van der Waals surface area contributed by atoms with Crippen LogP contribution >= 0.6 is 38.5 Å². The van der Waals surface area contributed by atoms with E-state index in [1.54, 1.807) is 6.07 Å². The molecule has 1 saturated heterocycles. The van der Waals surface area contributed by atoms with Crippen LogP contribution in [0.5, 0.6) is 0 Å². The maximum absolute atomic E-state index is 12.8. The zero-order valence-electron chi connectivity index (χ0n) is 11.9. The fourth-order valence-corrected chi connectivity index (χ4v) is 3.80. The van der Waals surface area contributed by atoms with Crippen LogP contribution in [0, 0.1) is 8.99 Å². The van der Waals surface area contributed by atoms with E-state index in [1.807, 2.05) is 26.0 Å². The summed E-state index contributed by atoms with van der Waals surface area (Å²) in [5, 5.41) is 9.56. The van der Waals surface area contributed by atoms with Crippen LogP contribution in [-0.2, 0) is 4.79 Å². The number of likely N-dealkylation sites (tertiary alicyclic amines) is 1. The zero-order valence-corrected chi connectivity index (χ0v) is 15.6. The first kappa shape index (κ1) is 16.7. The van der Waals surface area contributed by atoms with Crippen molar-refractivity contribution in [2.45, 2.75) is 32.7 Å². The molecule has 1 aromatic carbocycles. The number of benzene rings is 1. The largest absolute Gasteiger partial charge is 0.480 e. The average Bonchev–Trinajstić information content (AvgIpc) is 2.38. The molecule has 1 aliphatic rings.